The van der Waals surface area contributed by atoms with Crippen molar-refractivity contribution in [1.82, 2.24) is 9.62 Å². The summed E-state index contributed by atoms with van der Waals surface area (Å²) in [6.45, 7) is -0.0629. The Kier molecular flexibility index (Phi) is 7.81. The third kappa shape index (κ3) is 6.01. The molecule has 1 saturated heterocycles. The van der Waals surface area contributed by atoms with E-state index >= 15 is 0 Å². The fourth-order valence-electron chi connectivity index (χ4n) is 3.26. The van der Waals surface area contributed by atoms with Gasteiger partial charge >= 0.3 is 12.3 Å². The lowest BCUT2D eigenvalue weighted by Crippen LogP contribution is -2.36. The first-order chi connectivity index (χ1) is 15.8. The van der Waals surface area contributed by atoms with Crippen LogP contribution in [-0.4, -0.2) is 45.3 Å². The molecule has 1 fully saturated rings. The zero-order valence-corrected chi connectivity index (χ0v) is 21.4. The Morgan fingerprint density at radius 2 is 1.97 bits per heavy atom. The Morgan fingerprint density at radius 1 is 1.26 bits per heavy atom. The van der Waals surface area contributed by atoms with E-state index in [-0.39, 0.29) is 23.5 Å². The maximum atomic E-state index is 13.0. The summed E-state index contributed by atoms with van der Waals surface area (Å²) in [5, 5.41) is 9.40. The Balaban J connectivity index is 1.71. The zero-order valence-electron chi connectivity index (χ0n) is 17.4. The SMILES string of the molecule is CN(C(=O)O[C@@H]1C[C@@H](NS(=O)(=O)c2cc(Br)ccc2Br)CN1C#N)c1cccc(C(F)(F)F)c1. The lowest BCUT2D eigenvalue weighted by atomic mass is 10.2. The van der Waals surface area contributed by atoms with Crippen LogP contribution in [0.5, 0.6) is 0 Å². The number of alkyl halides is 3. The van der Waals surface area contributed by atoms with Gasteiger partial charge in [-0.25, -0.2) is 17.9 Å². The van der Waals surface area contributed by atoms with E-state index in [1.165, 1.54) is 19.2 Å². The number of nitriles is 1. The van der Waals surface area contributed by atoms with Crippen LogP contribution >= 0.6 is 31.9 Å². The van der Waals surface area contributed by atoms with Crippen molar-refractivity contribution in [1.29, 1.82) is 5.26 Å². The molecule has 1 amide bonds. The van der Waals surface area contributed by atoms with E-state index in [0.717, 1.165) is 28.0 Å². The van der Waals surface area contributed by atoms with E-state index in [0.29, 0.717) is 8.95 Å². The quantitative estimate of drug-likeness (QED) is 0.485. The van der Waals surface area contributed by atoms with Gasteiger partial charge in [0.25, 0.3) is 0 Å². The number of benzene rings is 2. The minimum absolute atomic E-state index is 0.0184. The average Bonchev–Trinajstić information content (AvgIpc) is 3.14. The lowest BCUT2D eigenvalue weighted by molar-refractivity contribution is -0.137. The Labute approximate surface area is 210 Å². The largest absolute Gasteiger partial charge is 0.424 e. The monoisotopic (exact) mass is 624 g/mol. The predicted octanol–water partition coefficient (Wildman–Crippen LogP) is 4.66. The highest BCUT2D eigenvalue weighted by atomic mass is 79.9. The molecule has 34 heavy (non-hydrogen) atoms. The van der Waals surface area contributed by atoms with Crippen molar-refractivity contribution in [3.63, 3.8) is 0 Å². The van der Waals surface area contributed by atoms with Crippen LogP contribution in [0.4, 0.5) is 23.7 Å². The molecule has 14 heteroatoms. The van der Waals surface area contributed by atoms with Crippen LogP contribution < -0.4 is 9.62 Å². The Bertz CT molecular complexity index is 1240. The minimum Gasteiger partial charge on any atom is -0.424 e. The summed E-state index contributed by atoms with van der Waals surface area (Å²) >= 11 is 6.41. The van der Waals surface area contributed by atoms with Crippen molar-refractivity contribution in [2.45, 2.75) is 29.8 Å². The molecule has 1 heterocycles. The number of rotatable bonds is 5. The average molecular weight is 626 g/mol. The summed E-state index contributed by atoms with van der Waals surface area (Å²) in [5.74, 6) is 0. The van der Waals surface area contributed by atoms with E-state index < -0.39 is 40.1 Å². The van der Waals surface area contributed by atoms with Crippen LogP contribution in [0.2, 0.25) is 0 Å². The van der Waals surface area contributed by atoms with Gasteiger partial charge in [-0.15, -0.1) is 0 Å². The summed E-state index contributed by atoms with van der Waals surface area (Å²) in [6.07, 6.45) is -4.89. The third-order valence-electron chi connectivity index (χ3n) is 4.96. The minimum atomic E-state index is -4.59. The molecule has 2 aromatic carbocycles. The maximum Gasteiger partial charge on any atom is 0.416 e. The van der Waals surface area contributed by atoms with E-state index in [1.807, 2.05) is 6.19 Å². The van der Waals surface area contributed by atoms with Gasteiger partial charge in [-0.05, 0) is 52.3 Å². The molecule has 1 aliphatic rings. The van der Waals surface area contributed by atoms with Crippen molar-refractivity contribution in [2.24, 2.45) is 0 Å². The molecule has 0 aliphatic carbocycles. The molecule has 1 N–H and O–H groups in total. The van der Waals surface area contributed by atoms with E-state index in [9.17, 15) is 31.6 Å². The molecular weight excluding hydrogens is 609 g/mol. The molecule has 3 rings (SSSR count). The molecule has 0 aromatic heterocycles. The number of hydrogen-bond acceptors (Lipinski definition) is 6. The molecule has 0 bridgehead atoms. The Hall–Kier alpha value is -2.34. The second kappa shape index (κ2) is 10.1. The molecule has 0 spiro atoms. The first-order valence-electron chi connectivity index (χ1n) is 9.57. The van der Waals surface area contributed by atoms with Crippen LogP contribution in [-0.2, 0) is 20.9 Å². The van der Waals surface area contributed by atoms with Crippen molar-refractivity contribution in [3.05, 3.63) is 57.0 Å². The van der Waals surface area contributed by atoms with Gasteiger partial charge in [-0.3, -0.25) is 9.80 Å². The molecule has 182 valence electrons. The first kappa shape index (κ1) is 26.3. The number of anilines is 1. The molecule has 0 radical (unpaired) electrons. The number of halogens is 5. The van der Waals surface area contributed by atoms with Crippen LogP contribution in [0.1, 0.15) is 12.0 Å². The van der Waals surface area contributed by atoms with E-state index in [1.54, 1.807) is 12.1 Å². The summed E-state index contributed by atoms with van der Waals surface area (Å²) in [6, 6.07) is 8.00. The van der Waals surface area contributed by atoms with Gasteiger partial charge in [0.05, 0.1) is 10.5 Å². The van der Waals surface area contributed by atoms with Crippen molar-refractivity contribution in [3.8, 4) is 6.19 Å². The number of amides is 1. The molecule has 8 nitrogen and oxygen atoms in total. The Morgan fingerprint density at radius 3 is 2.62 bits per heavy atom. The maximum absolute atomic E-state index is 13.0. The lowest BCUT2D eigenvalue weighted by Gasteiger charge is -2.23. The number of ether oxygens (including phenoxy) is 1. The van der Waals surface area contributed by atoms with E-state index in [2.05, 4.69) is 36.6 Å². The second-order valence-corrected chi connectivity index (χ2v) is 10.8. The highest BCUT2D eigenvalue weighted by Gasteiger charge is 2.38. The predicted molar refractivity (Wildman–Crippen MR) is 123 cm³/mol. The molecule has 0 unspecified atom stereocenters. The number of sulfonamides is 1. The normalized spacial score (nSPS) is 18.4. The molecule has 1 aliphatic heterocycles. The second-order valence-electron chi connectivity index (χ2n) is 7.33. The van der Waals surface area contributed by atoms with Crippen molar-refractivity contribution >= 4 is 53.7 Å². The number of carbonyl (C=O) groups is 1. The van der Waals surface area contributed by atoms with Crippen LogP contribution in [0.25, 0.3) is 0 Å². The molecular formula is C20H17Br2F3N4O4S. The topological polar surface area (TPSA) is 103 Å². The third-order valence-corrected chi connectivity index (χ3v) is 7.96. The summed E-state index contributed by atoms with van der Waals surface area (Å²) in [5.41, 5.74) is -0.990. The number of nitrogens with one attached hydrogen (secondary N) is 1. The van der Waals surface area contributed by atoms with Crippen LogP contribution in [0.3, 0.4) is 0 Å². The molecule has 2 atom stereocenters. The highest BCUT2D eigenvalue weighted by Crippen LogP contribution is 2.32. The van der Waals surface area contributed by atoms with Gasteiger partial charge in [0.15, 0.2) is 12.4 Å². The van der Waals surface area contributed by atoms with Crippen molar-refractivity contribution < 1.29 is 31.1 Å². The smallest absolute Gasteiger partial charge is 0.416 e. The fourth-order valence-corrected chi connectivity index (χ4v) is 6.00. The highest BCUT2D eigenvalue weighted by molar-refractivity contribution is 9.11. The number of hydrogen-bond donors (Lipinski definition) is 1. The number of carbonyl (C=O) groups excluding carboxylic acids is 1. The van der Waals surface area contributed by atoms with Gasteiger partial charge in [-0.1, -0.05) is 22.0 Å². The van der Waals surface area contributed by atoms with Gasteiger partial charge in [0, 0.05) is 40.7 Å². The standard InChI is InChI=1S/C20H17Br2F3N4O4S/c1-28(15-4-2-3-12(7-15)20(23,24)25)19(30)33-18-9-14(10-29(18)11-26)27-34(31,32)17-8-13(21)5-6-16(17)22/h2-8,14,18,27H,9-10H2,1H3/t14-,18-/m1/s1. The van der Waals surface area contributed by atoms with Crippen LogP contribution in [0, 0.1) is 11.5 Å². The van der Waals surface area contributed by atoms with Gasteiger partial charge in [0.2, 0.25) is 10.0 Å². The van der Waals surface area contributed by atoms with Crippen LogP contribution in [0.15, 0.2) is 56.3 Å². The number of nitrogens with zero attached hydrogens (tertiary/aromatic N) is 3. The van der Waals surface area contributed by atoms with E-state index in [4.69, 9.17) is 4.74 Å². The summed E-state index contributed by atoms with van der Waals surface area (Å²) in [4.78, 5) is 14.5. The van der Waals surface area contributed by atoms with Gasteiger partial charge in [0.1, 0.15) is 0 Å². The van der Waals surface area contributed by atoms with Gasteiger partial charge < -0.3 is 4.74 Å². The summed E-state index contributed by atoms with van der Waals surface area (Å²) < 4.78 is 73.2. The first-order valence-corrected chi connectivity index (χ1v) is 12.6. The zero-order chi connectivity index (χ0) is 25.3. The van der Waals surface area contributed by atoms with Crippen molar-refractivity contribution in [2.75, 3.05) is 18.5 Å². The fraction of sp³-hybridized carbons (Fsp3) is 0.300. The summed E-state index contributed by atoms with van der Waals surface area (Å²) in [7, 11) is -2.75. The number of likely N-dealkylation sites (tertiary alicyclic amines) is 1. The molecule has 0 saturated carbocycles. The van der Waals surface area contributed by atoms with Gasteiger partial charge in [-0.2, -0.15) is 18.4 Å². The molecule has 2 aromatic rings.